The summed E-state index contributed by atoms with van der Waals surface area (Å²) in [7, 11) is -3.71. The normalized spacial score (nSPS) is 17.6. The highest BCUT2D eigenvalue weighted by molar-refractivity contribution is 7.89. The highest BCUT2D eigenvalue weighted by Crippen LogP contribution is 2.22. The first-order chi connectivity index (χ1) is 8.51. The van der Waals surface area contributed by atoms with Gasteiger partial charge in [0, 0.05) is 25.3 Å². The largest absolute Gasteiger partial charge is 0.365 e. The van der Waals surface area contributed by atoms with E-state index in [9.17, 15) is 18.5 Å². The van der Waals surface area contributed by atoms with Crippen molar-refractivity contribution in [2.75, 3.05) is 19.9 Å². The van der Waals surface area contributed by atoms with Crippen LogP contribution in [-0.2, 0) is 14.8 Å². The molecule has 1 saturated heterocycles. The Morgan fingerprint density at radius 2 is 2.17 bits per heavy atom. The van der Waals surface area contributed by atoms with E-state index in [1.165, 1.54) is 22.5 Å². The van der Waals surface area contributed by atoms with Crippen molar-refractivity contribution < 1.29 is 18.1 Å². The molecule has 18 heavy (non-hydrogen) atoms. The van der Waals surface area contributed by atoms with Gasteiger partial charge in [0.2, 0.25) is 10.0 Å². The molecule has 2 rings (SSSR count). The SMILES string of the molecule is O=[N+]([O-])c1cccc(S(=O)(=O)N2CCCOC2)c1. The molecule has 8 heteroatoms. The molecule has 0 atom stereocenters. The van der Waals surface area contributed by atoms with Crippen molar-refractivity contribution in [1.82, 2.24) is 4.31 Å². The molecule has 1 aromatic carbocycles. The van der Waals surface area contributed by atoms with Crippen molar-refractivity contribution in [3.63, 3.8) is 0 Å². The van der Waals surface area contributed by atoms with Crippen LogP contribution in [0.5, 0.6) is 0 Å². The first-order valence-corrected chi connectivity index (χ1v) is 6.78. The van der Waals surface area contributed by atoms with Gasteiger partial charge in [0.05, 0.1) is 9.82 Å². The maximum atomic E-state index is 12.2. The number of non-ortho nitro benzene ring substituents is 1. The summed E-state index contributed by atoms with van der Waals surface area (Å²) in [4.78, 5) is 9.93. The van der Waals surface area contributed by atoms with E-state index < -0.39 is 14.9 Å². The van der Waals surface area contributed by atoms with Crippen molar-refractivity contribution in [2.45, 2.75) is 11.3 Å². The number of nitro benzene ring substituents is 1. The lowest BCUT2D eigenvalue weighted by Gasteiger charge is -2.25. The van der Waals surface area contributed by atoms with Crippen LogP contribution in [0.25, 0.3) is 0 Å². The molecule has 0 N–H and O–H groups in total. The lowest BCUT2D eigenvalue weighted by atomic mass is 10.3. The van der Waals surface area contributed by atoms with Crippen LogP contribution < -0.4 is 0 Å². The minimum absolute atomic E-state index is 0.00890. The molecule has 1 fully saturated rings. The second kappa shape index (κ2) is 5.01. The number of nitro groups is 1. The predicted octanol–water partition coefficient (Wildman–Crippen LogP) is 0.963. The van der Waals surface area contributed by atoms with Crippen molar-refractivity contribution in [3.8, 4) is 0 Å². The zero-order valence-electron chi connectivity index (χ0n) is 9.48. The summed E-state index contributed by atoms with van der Waals surface area (Å²) in [5, 5.41) is 10.6. The fourth-order valence-corrected chi connectivity index (χ4v) is 3.07. The molecule has 0 bridgehead atoms. The van der Waals surface area contributed by atoms with Gasteiger partial charge in [-0.2, -0.15) is 4.31 Å². The summed E-state index contributed by atoms with van der Waals surface area (Å²) in [5.74, 6) is 0. The Labute approximate surface area is 104 Å². The molecular weight excluding hydrogens is 260 g/mol. The van der Waals surface area contributed by atoms with Gasteiger partial charge in [0.1, 0.15) is 6.73 Å². The third-order valence-electron chi connectivity index (χ3n) is 2.60. The Kier molecular flexibility index (Phi) is 3.60. The average Bonchev–Trinajstić information content (AvgIpc) is 2.40. The molecule has 0 aromatic heterocycles. The van der Waals surface area contributed by atoms with Gasteiger partial charge >= 0.3 is 0 Å². The Morgan fingerprint density at radius 3 is 2.78 bits per heavy atom. The minimum atomic E-state index is -3.71. The van der Waals surface area contributed by atoms with Crippen molar-refractivity contribution >= 4 is 15.7 Å². The zero-order valence-corrected chi connectivity index (χ0v) is 10.3. The lowest BCUT2D eigenvalue weighted by molar-refractivity contribution is -0.385. The van der Waals surface area contributed by atoms with Crippen LogP contribution in [-0.4, -0.2) is 37.5 Å². The van der Waals surface area contributed by atoms with E-state index in [-0.39, 0.29) is 17.3 Å². The lowest BCUT2D eigenvalue weighted by Crippen LogP contribution is -2.38. The Hall–Kier alpha value is -1.51. The molecule has 1 heterocycles. The quantitative estimate of drug-likeness (QED) is 0.604. The second-order valence-corrected chi connectivity index (χ2v) is 5.76. The van der Waals surface area contributed by atoms with Crippen LogP contribution in [0.4, 0.5) is 5.69 Å². The number of ether oxygens (including phenoxy) is 1. The van der Waals surface area contributed by atoms with Crippen molar-refractivity contribution in [2.24, 2.45) is 0 Å². The van der Waals surface area contributed by atoms with Crippen LogP contribution in [0.3, 0.4) is 0 Å². The number of rotatable bonds is 3. The van der Waals surface area contributed by atoms with Gasteiger partial charge in [-0.3, -0.25) is 10.1 Å². The van der Waals surface area contributed by atoms with E-state index in [4.69, 9.17) is 4.74 Å². The maximum Gasteiger partial charge on any atom is 0.270 e. The zero-order chi connectivity index (χ0) is 13.2. The number of hydrogen-bond acceptors (Lipinski definition) is 5. The van der Waals surface area contributed by atoms with E-state index in [1.54, 1.807) is 0 Å². The molecule has 0 amide bonds. The summed E-state index contributed by atoms with van der Waals surface area (Å²) >= 11 is 0. The molecule has 1 aliphatic rings. The average molecular weight is 272 g/mol. The first kappa shape index (κ1) is 12.9. The van der Waals surface area contributed by atoms with Gasteiger partial charge in [0.25, 0.3) is 5.69 Å². The summed E-state index contributed by atoms with van der Waals surface area (Å²) in [6, 6.07) is 5.02. The molecular formula is C10H12N2O5S. The molecule has 0 radical (unpaired) electrons. The Balaban J connectivity index is 2.34. The van der Waals surface area contributed by atoms with Gasteiger partial charge < -0.3 is 4.74 Å². The molecule has 7 nitrogen and oxygen atoms in total. The Morgan fingerprint density at radius 1 is 1.39 bits per heavy atom. The fourth-order valence-electron chi connectivity index (χ4n) is 1.67. The monoisotopic (exact) mass is 272 g/mol. The smallest absolute Gasteiger partial charge is 0.270 e. The number of sulfonamides is 1. The van der Waals surface area contributed by atoms with Gasteiger partial charge in [-0.25, -0.2) is 8.42 Å². The third kappa shape index (κ3) is 2.50. The van der Waals surface area contributed by atoms with Gasteiger partial charge in [-0.15, -0.1) is 0 Å². The highest BCUT2D eigenvalue weighted by Gasteiger charge is 2.27. The van der Waals surface area contributed by atoms with E-state index in [2.05, 4.69) is 0 Å². The molecule has 0 unspecified atom stereocenters. The van der Waals surface area contributed by atoms with Crippen LogP contribution in [0.2, 0.25) is 0 Å². The van der Waals surface area contributed by atoms with Gasteiger partial charge in [0.15, 0.2) is 0 Å². The third-order valence-corrected chi connectivity index (χ3v) is 4.42. The van der Waals surface area contributed by atoms with E-state index in [0.717, 1.165) is 6.07 Å². The second-order valence-electron chi connectivity index (χ2n) is 3.83. The molecule has 0 aliphatic carbocycles. The Bertz CT molecular complexity index is 551. The van der Waals surface area contributed by atoms with E-state index in [1.807, 2.05) is 0 Å². The predicted molar refractivity (Wildman–Crippen MR) is 62.4 cm³/mol. The van der Waals surface area contributed by atoms with Gasteiger partial charge in [-0.05, 0) is 12.5 Å². The summed E-state index contributed by atoms with van der Waals surface area (Å²) < 4.78 is 30.6. The topological polar surface area (TPSA) is 89.8 Å². The minimum Gasteiger partial charge on any atom is -0.365 e. The summed E-state index contributed by atoms with van der Waals surface area (Å²) in [5.41, 5.74) is -0.242. The summed E-state index contributed by atoms with van der Waals surface area (Å²) in [6.07, 6.45) is 0.619. The molecule has 0 saturated carbocycles. The van der Waals surface area contributed by atoms with Crippen LogP contribution >= 0.6 is 0 Å². The van der Waals surface area contributed by atoms with Gasteiger partial charge in [-0.1, -0.05) is 6.07 Å². The maximum absolute atomic E-state index is 12.2. The molecule has 98 valence electrons. The van der Waals surface area contributed by atoms with E-state index >= 15 is 0 Å². The standard InChI is InChI=1S/C10H12N2O5S/c13-12(14)9-3-1-4-10(7-9)18(15,16)11-5-2-6-17-8-11/h1,3-4,7H,2,5-6,8H2. The fraction of sp³-hybridized carbons (Fsp3) is 0.400. The van der Waals surface area contributed by atoms with Crippen LogP contribution in [0.15, 0.2) is 29.2 Å². The number of nitrogens with zero attached hydrogens (tertiary/aromatic N) is 2. The molecule has 0 spiro atoms. The number of hydrogen-bond donors (Lipinski definition) is 0. The van der Waals surface area contributed by atoms with Crippen molar-refractivity contribution in [1.29, 1.82) is 0 Å². The summed E-state index contributed by atoms with van der Waals surface area (Å²) in [6.45, 7) is 0.886. The van der Waals surface area contributed by atoms with E-state index in [0.29, 0.717) is 19.6 Å². The van der Waals surface area contributed by atoms with Crippen LogP contribution in [0, 0.1) is 10.1 Å². The molecule has 1 aliphatic heterocycles. The highest BCUT2D eigenvalue weighted by atomic mass is 32.2. The first-order valence-electron chi connectivity index (χ1n) is 5.34. The van der Waals surface area contributed by atoms with Crippen LogP contribution in [0.1, 0.15) is 6.42 Å². The van der Waals surface area contributed by atoms with Crippen molar-refractivity contribution in [3.05, 3.63) is 34.4 Å². The molecule has 1 aromatic rings. The number of benzene rings is 1.